The topological polar surface area (TPSA) is 40.5 Å². The molecule has 0 aliphatic heterocycles. The van der Waals surface area contributed by atoms with Crippen LogP contribution in [-0.4, -0.2) is 22.9 Å². The summed E-state index contributed by atoms with van der Waals surface area (Å²) in [4.78, 5) is 0. The molecule has 0 aromatic carbocycles. The molecule has 0 spiro atoms. The van der Waals surface area contributed by atoms with Crippen LogP contribution in [0.3, 0.4) is 0 Å². The first-order valence-corrected chi connectivity index (χ1v) is 15.5. The molecular weight excluding hydrogens is 512 g/mol. The molecule has 0 saturated heterocycles. The van der Waals surface area contributed by atoms with E-state index in [1.165, 1.54) is 44.6 Å². The zero-order valence-electron chi connectivity index (χ0n) is 27.8. The van der Waals surface area contributed by atoms with Gasteiger partial charge in [-0.2, -0.15) is 0 Å². The van der Waals surface area contributed by atoms with E-state index in [1.54, 1.807) is 0 Å². The number of hydrogen-bond donors (Lipinski definition) is 2. The van der Waals surface area contributed by atoms with Crippen LogP contribution in [0.5, 0.6) is 0 Å². The summed E-state index contributed by atoms with van der Waals surface area (Å²) < 4.78 is 0. The third-order valence-corrected chi connectivity index (χ3v) is 8.51. The van der Waals surface area contributed by atoms with Crippen molar-refractivity contribution in [3.05, 3.63) is 130 Å². The number of aliphatic hydroxyl groups is 2. The molecule has 0 saturated carbocycles. The number of rotatable bonds is 11. The minimum Gasteiger partial charge on any atom is -0.395 e. The summed E-state index contributed by atoms with van der Waals surface area (Å²) in [5.74, 6) is 0. The van der Waals surface area contributed by atoms with Gasteiger partial charge in [-0.05, 0) is 90.2 Å². The molecule has 2 atom stereocenters. The zero-order valence-corrected chi connectivity index (χ0v) is 27.8. The van der Waals surface area contributed by atoms with Gasteiger partial charge in [0.05, 0.1) is 12.7 Å². The van der Waals surface area contributed by atoms with E-state index in [9.17, 15) is 10.2 Å². The first-order chi connectivity index (χ1) is 19.8. The van der Waals surface area contributed by atoms with Gasteiger partial charge in [-0.3, -0.25) is 0 Å². The molecule has 0 bridgehead atoms. The Morgan fingerprint density at radius 1 is 0.714 bits per heavy atom. The van der Waals surface area contributed by atoms with E-state index < -0.39 is 0 Å². The Hall–Kier alpha value is -2.94. The first-order valence-electron chi connectivity index (χ1n) is 15.5. The first kappa shape index (κ1) is 35.3. The molecule has 0 heterocycles. The second-order valence-electron chi connectivity index (χ2n) is 13.3. The third kappa shape index (κ3) is 11.4. The highest BCUT2D eigenvalue weighted by molar-refractivity contribution is 5.39. The van der Waals surface area contributed by atoms with Gasteiger partial charge in [-0.15, -0.1) is 0 Å². The van der Waals surface area contributed by atoms with E-state index in [2.05, 4.69) is 147 Å². The summed E-state index contributed by atoms with van der Waals surface area (Å²) in [6, 6.07) is 0. The van der Waals surface area contributed by atoms with Crippen LogP contribution in [0.15, 0.2) is 130 Å². The Bertz CT molecular complexity index is 1280. The maximum absolute atomic E-state index is 10.1. The minimum atomic E-state index is -0.227. The molecule has 2 rings (SSSR count). The normalized spacial score (nSPS) is 25.5. The van der Waals surface area contributed by atoms with Gasteiger partial charge < -0.3 is 10.2 Å². The molecule has 0 radical (unpaired) electrons. The van der Waals surface area contributed by atoms with Crippen molar-refractivity contribution in [3.8, 4) is 0 Å². The minimum absolute atomic E-state index is 0.00547. The fourth-order valence-electron chi connectivity index (χ4n) is 5.99. The van der Waals surface area contributed by atoms with E-state index in [4.69, 9.17) is 0 Å². The van der Waals surface area contributed by atoms with Crippen LogP contribution in [0.25, 0.3) is 0 Å². The van der Waals surface area contributed by atoms with Gasteiger partial charge in [0, 0.05) is 5.41 Å². The molecule has 0 aromatic heterocycles. The highest BCUT2D eigenvalue weighted by Gasteiger charge is 2.32. The fraction of sp³-hybridized carbons (Fsp3) is 0.450. The van der Waals surface area contributed by atoms with E-state index in [-0.39, 0.29) is 23.5 Å². The Kier molecular flexibility index (Phi) is 14.0. The number of hydrogen-bond acceptors (Lipinski definition) is 2. The largest absolute Gasteiger partial charge is 0.395 e. The predicted octanol–water partition coefficient (Wildman–Crippen LogP) is 10.5. The average Bonchev–Trinajstić information content (AvgIpc) is 2.89. The lowest BCUT2D eigenvalue weighted by molar-refractivity contribution is 0.116. The molecule has 2 N–H and O–H groups in total. The quantitative estimate of drug-likeness (QED) is 0.243. The standard InChI is InChI=1S/C40H56O2/c1-30(17-12-19-32(3)22-24-37-35(6)27-36(42)28-39(37,7)8)15-10-11-16-31(2)18-13-20-33(4)23-25-38-34(5)21-14-26-40(38,9)29-41/h10-13,15-20,22-25,36,41-42H,14,21,26-29H2,1-9H3/b11-10+,17-12+,18-13+,24-22+,25-23+,30-15+,31-16+,32-19+,33-20+/t36?,40-/m0/s1. The van der Waals surface area contributed by atoms with Crippen LogP contribution >= 0.6 is 0 Å². The molecule has 2 aliphatic rings. The molecule has 42 heavy (non-hydrogen) atoms. The Balaban J connectivity index is 1.91. The maximum atomic E-state index is 10.1. The van der Waals surface area contributed by atoms with Gasteiger partial charge in [-0.1, -0.05) is 139 Å². The number of allylic oxidation sites excluding steroid dienone is 20. The van der Waals surface area contributed by atoms with Gasteiger partial charge in [-0.25, -0.2) is 0 Å². The van der Waals surface area contributed by atoms with E-state index >= 15 is 0 Å². The van der Waals surface area contributed by atoms with Crippen LogP contribution in [-0.2, 0) is 0 Å². The van der Waals surface area contributed by atoms with Crippen LogP contribution < -0.4 is 0 Å². The van der Waals surface area contributed by atoms with Crippen molar-refractivity contribution in [1.82, 2.24) is 0 Å². The molecule has 228 valence electrons. The van der Waals surface area contributed by atoms with Crippen LogP contribution in [0.2, 0.25) is 0 Å². The SMILES string of the molecule is CC1=C(/C=C/C(C)=C/C=C/C(C)=C/C=C/C=C(C)/C=C/C=C(C)/C=C/C2=C(C)CCC[C@@]2(C)CO)C(C)(C)CC(O)C1. The highest BCUT2D eigenvalue weighted by Crippen LogP contribution is 2.42. The van der Waals surface area contributed by atoms with Gasteiger partial charge in [0.15, 0.2) is 0 Å². The van der Waals surface area contributed by atoms with Crippen molar-refractivity contribution in [1.29, 1.82) is 0 Å². The second kappa shape index (κ2) is 16.6. The molecule has 0 fully saturated rings. The third-order valence-electron chi connectivity index (χ3n) is 8.51. The van der Waals surface area contributed by atoms with Gasteiger partial charge in [0.25, 0.3) is 0 Å². The lowest BCUT2D eigenvalue weighted by Crippen LogP contribution is -2.28. The van der Waals surface area contributed by atoms with Crippen LogP contribution in [0.4, 0.5) is 0 Å². The maximum Gasteiger partial charge on any atom is 0.0585 e. The summed E-state index contributed by atoms with van der Waals surface area (Å²) in [6.07, 6.45) is 34.5. The fourth-order valence-corrected chi connectivity index (χ4v) is 5.99. The van der Waals surface area contributed by atoms with Crippen molar-refractivity contribution < 1.29 is 10.2 Å². The van der Waals surface area contributed by atoms with Crippen molar-refractivity contribution in [3.63, 3.8) is 0 Å². The summed E-state index contributed by atoms with van der Waals surface area (Å²) in [7, 11) is 0. The Labute approximate surface area is 257 Å². The Morgan fingerprint density at radius 2 is 1.19 bits per heavy atom. The average molecular weight is 569 g/mol. The molecule has 2 nitrogen and oxygen atoms in total. The molecule has 2 aliphatic carbocycles. The molecule has 1 unspecified atom stereocenters. The predicted molar refractivity (Wildman–Crippen MR) is 184 cm³/mol. The lowest BCUT2D eigenvalue weighted by Gasteiger charge is -2.35. The van der Waals surface area contributed by atoms with Crippen molar-refractivity contribution in [2.75, 3.05) is 6.61 Å². The monoisotopic (exact) mass is 568 g/mol. The summed E-state index contributed by atoms with van der Waals surface area (Å²) in [5, 5.41) is 20.0. The van der Waals surface area contributed by atoms with Crippen LogP contribution in [0.1, 0.15) is 94.4 Å². The number of aliphatic hydroxyl groups excluding tert-OH is 2. The van der Waals surface area contributed by atoms with Gasteiger partial charge >= 0.3 is 0 Å². The summed E-state index contributed by atoms with van der Waals surface area (Å²) in [6.45, 7) is 19.6. The van der Waals surface area contributed by atoms with Gasteiger partial charge in [0.2, 0.25) is 0 Å². The molecule has 2 heteroatoms. The molecular formula is C40H56O2. The smallest absolute Gasteiger partial charge is 0.0585 e. The lowest BCUT2D eigenvalue weighted by atomic mass is 9.71. The zero-order chi connectivity index (χ0) is 31.3. The Morgan fingerprint density at radius 3 is 1.69 bits per heavy atom. The van der Waals surface area contributed by atoms with Crippen molar-refractivity contribution in [2.24, 2.45) is 10.8 Å². The van der Waals surface area contributed by atoms with Crippen LogP contribution in [0, 0.1) is 10.8 Å². The van der Waals surface area contributed by atoms with Gasteiger partial charge in [0.1, 0.15) is 0 Å². The summed E-state index contributed by atoms with van der Waals surface area (Å²) in [5.41, 5.74) is 9.98. The van der Waals surface area contributed by atoms with E-state index in [1.807, 2.05) is 0 Å². The van der Waals surface area contributed by atoms with Crippen molar-refractivity contribution in [2.45, 2.75) is 101 Å². The second-order valence-corrected chi connectivity index (χ2v) is 13.3. The van der Waals surface area contributed by atoms with Crippen molar-refractivity contribution >= 4 is 0 Å². The molecule has 0 amide bonds. The highest BCUT2D eigenvalue weighted by atomic mass is 16.3. The summed E-state index contributed by atoms with van der Waals surface area (Å²) >= 11 is 0. The van der Waals surface area contributed by atoms with E-state index in [0.29, 0.717) is 0 Å². The van der Waals surface area contributed by atoms with E-state index in [0.717, 1.165) is 32.1 Å². The molecule has 0 aromatic rings.